The van der Waals surface area contributed by atoms with Crippen LogP contribution in [0.2, 0.25) is 0 Å². The number of nitrogens with zero attached hydrogens (tertiary/aromatic N) is 5. The Balaban J connectivity index is 2.20. The van der Waals surface area contributed by atoms with Crippen LogP contribution in [-0.4, -0.2) is 43.9 Å². The minimum atomic E-state index is -0.302. The highest BCUT2D eigenvalue weighted by atomic mass is 32.1. The van der Waals surface area contributed by atoms with Crippen molar-refractivity contribution in [1.82, 2.24) is 24.7 Å². The van der Waals surface area contributed by atoms with Gasteiger partial charge in [-0.05, 0) is 20.8 Å². The average Bonchev–Trinajstić information content (AvgIpc) is 3.06. The van der Waals surface area contributed by atoms with E-state index in [-0.39, 0.29) is 18.0 Å². The van der Waals surface area contributed by atoms with Gasteiger partial charge < -0.3 is 10.0 Å². The lowest BCUT2D eigenvalue weighted by atomic mass is 10.2. The molecular formula is C16H20N6O2S. The van der Waals surface area contributed by atoms with Gasteiger partial charge >= 0.3 is 0 Å². The van der Waals surface area contributed by atoms with E-state index >= 15 is 0 Å². The number of thiazole rings is 1. The molecule has 0 atom stereocenters. The number of rotatable bonds is 4. The van der Waals surface area contributed by atoms with Gasteiger partial charge in [0.1, 0.15) is 12.4 Å². The maximum absolute atomic E-state index is 12.7. The number of hydrogen-bond acceptors (Lipinski definition) is 7. The smallest absolute Gasteiger partial charge is 0.276 e. The summed E-state index contributed by atoms with van der Waals surface area (Å²) in [5.74, 6) is 1.26. The molecule has 0 unspecified atom stereocenters. The number of H-pyrrole nitrogens is 1. The zero-order valence-corrected chi connectivity index (χ0v) is 15.6. The highest BCUT2D eigenvalue weighted by Crippen LogP contribution is 2.29. The van der Waals surface area contributed by atoms with Crippen molar-refractivity contribution in [3.05, 3.63) is 38.5 Å². The van der Waals surface area contributed by atoms with E-state index in [9.17, 15) is 9.90 Å². The van der Waals surface area contributed by atoms with Crippen molar-refractivity contribution in [2.75, 3.05) is 19.0 Å². The topological polar surface area (TPSA) is 99.9 Å². The molecule has 8 nitrogen and oxygen atoms in total. The molecule has 25 heavy (non-hydrogen) atoms. The first-order chi connectivity index (χ1) is 11.8. The van der Waals surface area contributed by atoms with Gasteiger partial charge in [0.15, 0.2) is 11.6 Å². The molecule has 3 aromatic heterocycles. The van der Waals surface area contributed by atoms with E-state index in [2.05, 4.69) is 20.1 Å². The summed E-state index contributed by atoms with van der Waals surface area (Å²) in [7, 11) is 3.68. The van der Waals surface area contributed by atoms with Gasteiger partial charge in [-0.1, -0.05) is 0 Å². The van der Waals surface area contributed by atoms with Crippen molar-refractivity contribution in [3.63, 3.8) is 0 Å². The van der Waals surface area contributed by atoms with Crippen LogP contribution in [0.25, 0.3) is 16.4 Å². The van der Waals surface area contributed by atoms with Gasteiger partial charge in [0, 0.05) is 25.7 Å². The molecule has 0 amide bonds. The molecule has 0 aliphatic rings. The van der Waals surface area contributed by atoms with E-state index in [1.165, 1.54) is 16.0 Å². The van der Waals surface area contributed by atoms with Crippen LogP contribution in [0.5, 0.6) is 0 Å². The molecule has 0 aliphatic carbocycles. The zero-order valence-electron chi connectivity index (χ0n) is 14.8. The second kappa shape index (κ2) is 6.41. The summed E-state index contributed by atoms with van der Waals surface area (Å²) < 4.78 is 1.38. The van der Waals surface area contributed by atoms with Crippen LogP contribution in [0.15, 0.2) is 10.9 Å². The number of aryl methyl sites for hydroxylation is 2. The lowest BCUT2D eigenvalue weighted by Gasteiger charge is -2.13. The SMILES string of the molecule is Cc1nc(C)c(-c2[nH]n(-c3cc(N(C)C)nc(CO)n3)c(=O)c2C)s1. The van der Waals surface area contributed by atoms with E-state index in [1.54, 1.807) is 17.9 Å². The molecule has 3 heterocycles. The summed E-state index contributed by atoms with van der Waals surface area (Å²) >= 11 is 1.54. The second-order valence-corrected chi connectivity index (χ2v) is 7.16. The van der Waals surface area contributed by atoms with Crippen molar-refractivity contribution < 1.29 is 5.11 Å². The van der Waals surface area contributed by atoms with Gasteiger partial charge in [0.25, 0.3) is 5.56 Å². The highest BCUT2D eigenvalue weighted by Gasteiger charge is 2.19. The van der Waals surface area contributed by atoms with Crippen LogP contribution in [0, 0.1) is 20.8 Å². The highest BCUT2D eigenvalue weighted by molar-refractivity contribution is 7.15. The van der Waals surface area contributed by atoms with Crippen molar-refractivity contribution >= 4 is 17.2 Å². The average molecular weight is 360 g/mol. The van der Waals surface area contributed by atoms with E-state index < -0.39 is 0 Å². The molecule has 0 bridgehead atoms. The van der Waals surface area contributed by atoms with Gasteiger partial charge in [0.2, 0.25) is 0 Å². The van der Waals surface area contributed by atoms with Gasteiger partial charge in [-0.3, -0.25) is 9.89 Å². The number of hydrogen-bond donors (Lipinski definition) is 2. The van der Waals surface area contributed by atoms with Crippen LogP contribution < -0.4 is 10.5 Å². The Morgan fingerprint density at radius 1 is 1.24 bits per heavy atom. The Morgan fingerprint density at radius 2 is 1.96 bits per heavy atom. The number of anilines is 1. The summed E-state index contributed by atoms with van der Waals surface area (Å²) in [5, 5.41) is 13.5. The Labute approximate surface area is 148 Å². The van der Waals surface area contributed by atoms with Gasteiger partial charge in [-0.15, -0.1) is 11.3 Å². The minimum Gasteiger partial charge on any atom is -0.388 e. The first-order valence-corrected chi connectivity index (χ1v) is 8.56. The first-order valence-electron chi connectivity index (χ1n) is 7.74. The van der Waals surface area contributed by atoms with E-state index in [0.717, 1.165) is 21.3 Å². The van der Waals surface area contributed by atoms with Crippen molar-refractivity contribution in [3.8, 4) is 16.4 Å². The van der Waals surface area contributed by atoms with Crippen LogP contribution in [0.1, 0.15) is 22.1 Å². The van der Waals surface area contributed by atoms with Gasteiger partial charge in [-0.2, -0.15) is 0 Å². The van der Waals surface area contributed by atoms with Crippen molar-refractivity contribution in [2.45, 2.75) is 27.4 Å². The summed E-state index contributed by atoms with van der Waals surface area (Å²) in [5.41, 5.74) is 2.03. The normalized spacial score (nSPS) is 11.1. The third-order valence-corrected chi connectivity index (χ3v) is 4.92. The summed E-state index contributed by atoms with van der Waals surface area (Å²) in [6.07, 6.45) is 0. The zero-order chi connectivity index (χ0) is 18.3. The predicted molar refractivity (Wildman–Crippen MR) is 97.5 cm³/mol. The molecule has 0 fully saturated rings. The van der Waals surface area contributed by atoms with E-state index in [1.807, 2.05) is 27.9 Å². The van der Waals surface area contributed by atoms with Crippen LogP contribution >= 0.6 is 11.3 Å². The molecule has 132 valence electrons. The van der Waals surface area contributed by atoms with Gasteiger partial charge in [0.05, 0.1) is 21.3 Å². The molecule has 0 aromatic carbocycles. The Morgan fingerprint density at radius 3 is 2.52 bits per heavy atom. The quantitative estimate of drug-likeness (QED) is 0.732. The Hall–Kier alpha value is -2.52. The molecular weight excluding hydrogens is 340 g/mol. The molecule has 0 radical (unpaired) electrons. The molecule has 9 heteroatoms. The third-order valence-electron chi connectivity index (χ3n) is 3.83. The van der Waals surface area contributed by atoms with Crippen molar-refractivity contribution in [2.24, 2.45) is 0 Å². The molecule has 2 N–H and O–H groups in total. The maximum atomic E-state index is 12.7. The molecule has 3 rings (SSSR count). The summed E-state index contributed by atoms with van der Waals surface area (Å²) in [6.45, 7) is 5.34. The lowest BCUT2D eigenvalue weighted by molar-refractivity contribution is 0.271. The van der Waals surface area contributed by atoms with Crippen LogP contribution in [0.4, 0.5) is 5.82 Å². The monoisotopic (exact) mass is 360 g/mol. The molecule has 0 aliphatic heterocycles. The van der Waals surface area contributed by atoms with Crippen LogP contribution in [-0.2, 0) is 6.61 Å². The lowest BCUT2D eigenvalue weighted by Crippen LogP contribution is -2.20. The number of aromatic nitrogens is 5. The number of aliphatic hydroxyl groups excluding tert-OH is 1. The fraction of sp³-hybridized carbons (Fsp3) is 0.375. The second-order valence-electron chi connectivity index (χ2n) is 5.95. The molecule has 0 saturated carbocycles. The summed E-state index contributed by atoms with van der Waals surface area (Å²) in [6, 6.07) is 1.70. The number of aromatic amines is 1. The summed E-state index contributed by atoms with van der Waals surface area (Å²) in [4.78, 5) is 28.4. The fourth-order valence-electron chi connectivity index (χ4n) is 2.55. The number of aliphatic hydroxyl groups is 1. The van der Waals surface area contributed by atoms with Crippen LogP contribution in [0.3, 0.4) is 0 Å². The Kier molecular flexibility index (Phi) is 4.44. The molecule has 0 saturated heterocycles. The predicted octanol–water partition coefficient (Wildman–Crippen LogP) is 1.56. The van der Waals surface area contributed by atoms with Gasteiger partial charge in [-0.25, -0.2) is 19.6 Å². The molecule has 3 aromatic rings. The first kappa shape index (κ1) is 17.3. The maximum Gasteiger partial charge on any atom is 0.276 e. The standard InChI is InChI=1S/C16H20N6O2S/c1-8-14(15-9(2)17-10(3)25-15)20-22(16(8)24)13-6-12(21(4)5)18-11(7-23)19-13/h6,20,23H,7H2,1-5H3. The van der Waals surface area contributed by atoms with E-state index in [4.69, 9.17) is 0 Å². The largest absolute Gasteiger partial charge is 0.388 e. The minimum absolute atomic E-state index is 0.187. The molecule has 0 spiro atoms. The Bertz CT molecular complexity index is 985. The van der Waals surface area contributed by atoms with E-state index in [0.29, 0.717) is 17.2 Å². The number of nitrogens with one attached hydrogen (secondary N) is 1. The third kappa shape index (κ3) is 3.08. The fourth-order valence-corrected chi connectivity index (χ4v) is 3.52. The van der Waals surface area contributed by atoms with Crippen molar-refractivity contribution in [1.29, 1.82) is 0 Å².